The number of para-hydroxylation sites is 1. The lowest BCUT2D eigenvalue weighted by atomic mass is 10.1. The van der Waals surface area contributed by atoms with Gasteiger partial charge in [0.1, 0.15) is 5.75 Å². The zero-order chi connectivity index (χ0) is 14.7. The van der Waals surface area contributed by atoms with Gasteiger partial charge in [-0.2, -0.15) is 0 Å². The summed E-state index contributed by atoms with van der Waals surface area (Å²) in [6, 6.07) is 14.6. The summed E-state index contributed by atoms with van der Waals surface area (Å²) < 4.78 is 5.48. The van der Waals surface area contributed by atoms with Crippen molar-refractivity contribution >= 4 is 11.4 Å². The Bertz CT molecular complexity index is 624. The van der Waals surface area contributed by atoms with Gasteiger partial charge in [0.15, 0.2) is 0 Å². The second-order valence-electron chi connectivity index (χ2n) is 5.58. The molecule has 3 nitrogen and oxygen atoms in total. The lowest BCUT2D eigenvalue weighted by Crippen LogP contribution is -2.23. The molecule has 0 saturated heterocycles. The number of nitrogen functional groups attached to an aromatic ring is 1. The average Bonchev–Trinajstić information content (AvgIpc) is 2.70. The Morgan fingerprint density at radius 1 is 1.14 bits per heavy atom. The smallest absolute Gasteiger partial charge is 0.123 e. The van der Waals surface area contributed by atoms with E-state index in [1.54, 1.807) is 7.11 Å². The summed E-state index contributed by atoms with van der Waals surface area (Å²) in [6.07, 6.45) is 3.64. The minimum absolute atomic E-state index is 0.786. The van der Waals surface area contributed by atoms with Crippen LogP contribution in [0.15, 0.2) is 42.5 Å². The van der Waals surface area contributed by atoms with Crippen molar-refractivity contribution in [2.45, 2.75) is 25.8 Å². The van der Waals surface area contributed by atoms with Crippen molar-refractivity contribution in [2.24, 2.45) is 0 Å². The van der Waals surface area contributed by atoms with Crippen molar-refractivity contribution in [1.82, 2.24) is 0 Å². The lowest BCUT2D eigenvalue weighted by molar-refractivity contribution is 0.409. The van der Waals surface area contributed by atoms with Gasteiger partial charge >= 0.3 is 0 Å². The molecule has 110 valence electrons. The van der Waals surface area contributed by atoms with Crippen LogP contribution in [-0.4, -0.2) is 13.7 Å². The van der Waals surface area contributed by atoms with Crippen molar-refractivity contribution in [3.63, 3.8) is 0 Å². The van der Waals surface area contributed by atoms with Gasteiger partial charge in [0.25, 0.3) is 0 Å². The normalized spacial score (nSPS) is 14.4. The van der Waals surface area contributed by atoms with E-state index in [-0.39, 0.29) is 0 Å². The van der Waals surface area contributed by atoms with Crippen LogP contribution in [0.3, 0.4) is 0 Å². The molecule has 1 aliphatic heterocycles. The summed E-state index contributed by atoms with van der Waals surface area (Å²) in [5.41, 5.74) is 10.7. The molecule has 2 aromatic rings. The van der Waals surface area contributed by atoms with Crippen molar-refractivity contribution in [2.75, 3.05) is 24.3 Å². The molecule has 21 heavy (non-hydrogen) atoms. The van der Waals surface area contributed by atoms with Gasteiger partial charge in [0, 0.05) is 30.0 Å². The third-order valence-corrected chi connectivity index (χ3v) is 4.12. The summed E-state index contributed by atoms with van der Waals surface area (Å²) in [5.74, 6) is 0.908. The average molecular weight is 282 g/mol. The number of hydrogen-bond donors (Lipinski definition) is 1. The van der Waals surface area contributed by atoms with Gasteiger partial charge in [0.05, 0.1) is 7.11 Å². The molecule has 0 radical (unpaired) electrons. The van der Waals surface area contributed by atoms with Gasteiger partial charge in [-0.3, -0.25) is 0 Å². The molecule has 1 heterocycles. The number of hydrogen-bond acceptors (Lipinski definition) is 3. The third kappa shape index (κ3) is 2.97. The first-order valence-corrected chi connectivity index (χ1v) is 7.53. The van der Waals surface area contributed by atoms with Crippen LogP contribution in [0.5, 0.6) is 5.75 Å². The van der Waals surface area contributed by atoms with E-state index in [0.29, 0.717) is 0 Å². The Morgan fingerprint density at radius 2 is 2.00 bits per heavy atom. The fraction of sp³-hybridized carbons (Fsp3) is 0.333. The van der Waals surface area contributed by atoms with E-state index in [9.17, 15) is 0 Å². The van der Waals surface area contributed by atoms with E-state index in [1.165, 1.54) is 30.5 Å². The van der Waals surface area contributed by atoms with Crippen LogP contribution in [0.4, 0.5) is 11.4 Å². The highest BCUT2D eigenvalue weighted by atomic mass is 16.5. The maximum atomic E-state index is 5.94. The van der Waals surface area contributed by atoms with Crippen LogP contribution in [0.25, 0.3) is 0 Å². The first-order valence-electron chi connectivity index (χ1n) is 7.53. The van der Waals surface area contributed by atoms with Crippen LogP contribution < -0.4 is 15.4 Å². The van der Waals surface area contributed by atoms with E-state index < -0.39 is 0 Å². The molecule has 0 fully saturated rings. The summed E-state index contributed by atoms with van der Waals surface area (Å²) in [5, 5.41) is 0. The number of nitrogens with two attached hydrogens (primary N) is 1. The van der Waals surface area contributed by atoms with E-state index in [2.05, 4.69) is 29.2 Å². The fourth-order valence-electron chi connectivity index (χ4n) is 3.06. The number of fused-ring (bicyclic) bond motifs is 1. The Kier molecular flexibility index (Phi) is 4.00. The van der Waals surface area contributed by atoms with Crippen molar-refractivity contribution in [1.29, 1.82) is 0 Å². The minimum atomic E-state index is 0.786. The Balaban J connectivity index is 1.93. The number of benzene rings is 2. The quantitative estimate of drug-likeness (QED) is 0.874. The Morgan fingerprint density at radius 3 is 2.86 bits per heavy atom. The van der Waals surface area contributed by atoms with E-state index in [1.807, 2.05) is 18.2 Å². The standard InChI is InChI=1S/C18H22N2O/c1-21-18-10-9-16(19)12-15(18)13-20-11-5-4-7-14-6-2-3-8-17(14)20/h2-3,6,8-10,12H,4-5,7,11,13,19H2,1H3. The molecular weight excluding hydrogens is 260 g/mol. The highest BCUT2D eigenvalue weighted by molar-refractivity contribution is 5.56. The molecule has 0 aromatic heterocycles. The van der Waals surface area contributed by atoms with Gasteiger partial charge in [-0.05, 0) is 49.1 Å². The van der Waals surface area contributed by atoms with Gasteiger partial charge in [0.2, 0.25) is 0 Å². The molecule has 3 rings (SSSR count). The molecule has 0 atom stereocenters. The SMILES string of the molecule is COc1ccc(N)cc1CN1CCCCc2ccccc21. The number of methoxy groups -OCH3 is 1. The molecule has 0 saturated carbocycles. The molecule has 0 bridgehead atoms. The predicted octanol–water partition coefficient (Wildman–Crippen LogP) is 3.62. The number of rotatable bonds is 3. The zero-order valence-corrected chi connectivity index (χ0v) is 12.5. The fourth-order valence-corrected chi connectivity index (χ4v) is 3.06. The highest BCUT2D eigenvalue weighted by Crippen LogP contribution is 2.30. The van der Waals surface area contributed by atoms with Crippen LogP contribution in [0.1, 0.15) is 24.0 Å². The van der Waals surface area contributed by atoms with Crippen molar-refractivity contribution in [3.8, 4) is 5.75 Å². The van der Waals surface area contributed by atoms with E-state index >= 15 is 0 Å². The third-order valence-electron chi connectivity index (χ3n) is 4.12. The first kappa shape index (κ1) is 13.8. The van der Waals surface area contributed by atoms with Crippen molar-refractivity contribution in [3.05, 3.63) is 53.6 Å². The van der Waals surface area contributed by atoms with Crippen LogP contribution in [0.2, 0.25) is 0 Å². The lowest BCUT2D eigenvalue weighted by Gasteiger charge is -2.26. The molecule has 0 aliphatic carbocycles. The van der Waals surface area contributed by atoms with Crippen LogP contribution >= 0.6 is 0 Å². The second kappa shape index (κ2) is 6.08. The maximum absolute atomic E-state index is 5.94. The molecule has 1 aliphatic rings. The van der Waals surface area contributed by atoms with Crippen LogP contribution in [0, 0.1) is 0 Å². The number of nitrogens with zero attached hydrogens (tertiary/aromatic N) is 1. The molecular formula is C18H22N2O. The summed E-state index contributed by atoms with van der Waals surface area (Å²) in [7, 11) is 1.71. The largest absolute Gasteiger partial charge is 0.496 e. The maximum Gasteiger partial charge on any atom is 0.123 e. The Labute approximate surface area is 126 Å². The highest BCUT2D eigenvalue weighted by Gasteiger charge is 2.16. The topological polar surface area (TPSA) is 38.5 Å². The monoisotopic (exact) mass is 282 g/mol. The van der Waals surface area contributed by atoms with E-state index in [0.717, 1.165) is 30.1 Å². The van der Waals surface area contributed by atoms with Crippen LogP contribution in [-0.2, 0) is 13.0 Å². The van der Waals surface area contributed by atoms with Crippen molar-refractivity contribution < 1.29 is 4.74 Å². The van der Waals surface area contributed by atoms with Gasteiger partial charge < -0.3 is 15.4 Å². The summed E-state index contributed by atoms with van der Waals surface area (Å²) in [4.78, 5) is 2.44. The van der Waals surface area contributed by atoms with Gasteiger partial charge in [-0.15, -0.1) is 0 Å². The zero-order valence-electron chi connectivity index (χ0n) is 12.5. The molecule has 3 heteroatoms. The molecule has 0 spiro atoms. The van der Waals surface area contributed by atoms with E-state index in [4.69, 9.17) is 10.5 Å². The Hall–Kier alpha value is -2.16. The number of aryl methyl sites for hydroxylation is 1. The summed E-state index contributed by atoms with van der Waals surface area (Å²) >= 11 is 0. The number of anilines is 2. The van der Waals surface area contributed by atoms with Gasteiger partial charge in [-0.25, -0.2) is 0 Å². The number of ether oxygens (including phenoxy) is 1. The second-order valence-corrected chi connectivity index (χ2v) is 5.58. The molecule has 2 N–H and O–H groups in total. The first-order chi connectivity index (χ1) is 10.3. The molecule has 0 unspecified atom stereocenters. The minimum Gasteiger partial charge on any atom is -0.496 e. The molecule has 2 aromatic carbocycles. The van der Waals surface area contributed by atoms with Gasteiger partial charge in [-0.1, -0.05) is 18.2 Å². The predicted molar refractivity (Wildman–Crippen MR) is 87.8 cm³/mol. The summed E-state index contributed by atoms with van der Waals surface area (Å²) in [6.45, 7) is 1.92. The molecule has 0 amide bonds.